The molecule has 0 unspecified atom stereocenters. The van der Waals surface area contributed by atoms with Crippen LogP contribution in [0.5, 0.6) is 0 Å². The van der Waals surface area contributed by atoms with Gasteiger partial charge in [0.2, 0.25) is 0 Å². The summed E-state index contributed by atoms with van der Waals surface area (Å²) in [7, 11) is 0. The first-order valence-electron chi connectivity index (χ1n) is 5.33. The molecule has 2 aliphatic carbocycles. The van der Waals surface area contributed by atoms with Crippen LogP contribution in [-0.2, 0) is 0 Å². The van der Waals surface area contributed by atoms with Crippen LogP contribution < -0.4 is 0 Å². The number of rotatable bonds is 0. The van der Waals surface area contributed by atoms with E-state index in [1.165, 1.54) is 0 Å². The Labute approximate surface area is 185 Å². The van der Waals surface area contributed by atoms with Crippen molar-refractivity contribution >= 4 is 51.4 Å². The van der Waals surface area contributed by atoms with Crippen molar-refractivity contribution in [2.75, 3.05) is 0 Å². The normalized spacial score (nSPS) is 28.4. The molecule has 0 atom stereocenters. The first-order valence-corrected chi connectivity index (χ1v) is 5.33. The van der Waals surface area contributed by atoms with Gasteiger partial charge in [-0.2, -0.15) is 0 Å². The molecule has 0 aromatic heterocycles. The van der Waals surface area contributed by atoms with E-state index in [9.17, 15) is 0 Å². The fourth-order valence-electron chi connectivity index (χ4n) is 1.03. The molecule has 0 saturated carbocycles. The minimum Gasteiger partial charge on any atom is -0.0623 e. The van der Waals surface area contributed by atoms with Gasteiger partial charge < -0.3 is 0 Å². The molecule has 87 valence electrons. The van der Waals surface area contributed by atoms with Crippen LogP contribution in [0.25, 0.3) is 0 Å². The standard InChI is InChI=1S/2C8H8.K.Sm/c2*1-2-4-6-8-7-5-3-1;;/h2*1-8H;;/b2*2-1-,3-1?,4-2?,5-3-,6-4-,7-5?,8-6?,8-7-;;. The molecular formula is C16H16KSm. The summed E-state index contributed by atoms with van der Waals surface area (Å²) in [5.74, 6) is 0. The molecule has 0 aromatic rings. The zero-order valence-electron chi connectivity index (χ0n) is 10.6. The van der Waals surface area contributed by atoms with Crippen LogP contribution in [0.1, 0.15) is 0 Å². The molecule has 1 radical (unpaired) electrons. The zero-order chi connectivity index (χ0) is 11.3. The van der Waals surface area contributed by atoms with Crippen molar-refractivity contribution in [3.05, 3.63) is 97.2 Å². The van der Waals surface area contributed by atoms with Crippen molar-refractivity contribution in [3.8, 4) is 0 Å². The van der Waals surface area contributed by atoms with Crippen molar-refractivity contribution in [1.29, 1.82) is 0 Å². The molecule has 18 heavy (non-hydrogen) atoms. The Morgan fingerprint density at radius 2 is 0.278 bits per heavy atom. The first-order chi connectivity index (χ1) is 8.00. The SMILES string of the molecule is C1=C\C=C/C=C\C=C/1.C1=C\C=C/C=C\C=C/1.[K].[Sm]. The molecular weight excluding hydrogens is 382 g/mol. The van der Waals surface area contributed by atoms with E-state index in [2.05, 4.69) is 0 Å². The second-order valence-electron chi connectivity index (χ2n) is 3.08. The second kappa shape index (κ2) is 17.9. The quantitative estimate of drug-likeness (QED) is 0.541. The molecule has 0 spiro atoms. The third-order valence-corrected chi connectivity index (χ3v) is 1.78. The largest absolute Gasteiger partial charge is 0.0623 e. The maximum atomic E-state index is 2.00. The summed E-state index contributed by atoms with van der Waals surface area (Å²) in [6, 6.07) is 0. The predicted octanol–water partition coefficient (Wildman–Crippen LogP) is 4.07. The molecule has 0 amide bonds. The van der Waals surface area contributed by atoms with Crippen LogP contribution in [-0.4, -0.2) is 51.4 Å². The maximum absolute atomic E-state index is 2.00. The Balaban J connectivity index is 0. The Hall–Kier alpha value is 0.894. The molecule has 0 heterocycles. The summed E-state index contributed by atoms with van der Waals surface area (Å²) in [5.41, 5.74) is 0. The van der Waals surface area contributed by atoms with Gasteiger partial charge in [0.05, 0.1) is 0 Å². The average molecular weight is 398 g/mol. The summed E-state index contributed by atoms with van der Waals surface area (Å²) in [6.45, 7) is 0. The van der Waals surface area contributed by atoms with Gasteiger partial charge in [0.15, 0.2) is 0 Å². The fourth-order valence-corrected chi connectivity index (χ4v) is 1.03. The molecule has 0 saturated heterocycles. The van der Waals surface area contributed by atoms with E-state index >= 15 is 0 Å². The predicted molar refractivity (Wildman–Crippen MR) is 78.9 cm³/mol. The second-order valence-corrected chi connectivity index (χ2v) is 3.08. The molecule has 0 nitrogen and oxygen atoms in total. The van der Waals surface area contributed by atoms with Crippen molar-refractivity contribution in [2.45, 2.75) is 0 Å². The minimum absolute atomic E-state index is 0. The molecule has 0 bridgehead atoms. The van der Waals surface area contributed by atoms with Crippen LogP contribution in [0.15, 0.2) is 97.2 Å². The fraction of sp³-hybridized carbons (Fsp3) is 0. The van der Waals surface area contributed by atoms with Crippen LogP contribution in [0.2, 0.25) is 0 Å². The van der Waals surface area contributed by atoms with E-state index in [1.807, 2.05) is 97.2 Å². The summed E-state index contributed by atoms with van der Waals surface area (Å²) in [5, 5.41) is 0. The van der Waals surface area contributed by atoms with Crippen LogP contribution in [0.3, 0.4) is 0 Å². The smallest absolute Gasteiger partial charge is 0 e. The van der Waals surface area contributed by atoms with E-state index in [0.717, 1.165) is 0 Å². The number of allylic oxidation sites excluding steroid dienone is 16. The van der Waals surface area contributed by atoms with Crippen LogP contribution in [0, 0.1) is 40.4 Å². The summed E-state index contributed by atoms with van der Waals surface area (Å²) < 4.78 is 0. The van der Waals surface area contributed by atoms with E-state index in [-0.39, 0.29) is 91.8 Å². The van der Waals surface area contributed by atoms with Gasteiger partial charge in [0, 0.05) is 91.8 Å². The topological polar surface area (TPSA) is 0 Å². The van der Waals surface area contributed by atoms with Crippen molar-refractivity contribution in [3.63, 3.8) is 0 Å². The van der Waals surface area contributed by atoms with Gasteiger partial charge in [-0.1, -0.05) is 97.2 Å². The molecule has 2 heteroatoms. The Morgan fingerprint density at radius 1 is 0.222 bits per heavy atom. The third kappa shape index (κ3) is 15.0. The summed E-state index contributed by atoms with van der Waals surface area (Å²) >= 11 is 0. The van der Waals surface area contributed by atoms with Gasteiger partial charge >= 0.3 is 0 Å². The van der Waals surface area contributed by atoms with Gasteiger partial charge in [-0.3, -0.25) is 0 Å². The average Bonchev–Trinajstić information content (AvgIpc) is 2.15. The molecule has 0 aromatic carbocycles. The summed E-state index contributed by atoms with van der Waals surface area (Å²) in [6.07, 6.45) is 32.0. The molecule has 0 N–H and O–H groups in total. The van der Waals surface area contributed by atoms with Gasteiger partial charge in [-0.15, -0.1) is 0 Å². The number of hydrogen-bond donors (Lipinski definition) is 0. The van der Waals surface area contributed by atoms with E-state index in [1.54, 1.807) is 0 Å². The van der Waals surface area contributed by atoms with Crippen molar-refractivity contribution < 1.29 is 40.4 Å². The monoisotopic (exact) mass is 399 g/mol. The van der Waals surface area contributed by atoms with Crippen molar-refractivity contribution in [2.24, 2.45) is 0 Å². The molecule has 0 fully saturated rings. The van der Waals surface area contributed by atoms with E-state index in [0.29, 0.717) is 0 Å². The molecule has 2 aliphatic rings. The molecule has 0 aliphatic heterocycles. The van der Waals surface area contributed by atoms with Gasteiger partial charge in [0.1, 0.15) is 0 Å². The third-order valence-electron chi connectivity index (χ3n) is 1.78. The van der Waals surface area contributed by atoms with Gasteiger partial charge in [-0.25, -0.2) is 0 Å². The Morgan fingerprint density at radius 3 is 0.333 bits per heavy atom. The van der Waals surface area contributed by atoms with Gasteiger partial charge in [0.25, 0.3) is 0 Å². The number of hydrogen-bond acceptors (Lipinski definition) is 0. The van der Waals surface area contributed by atoms with E-state index < -0.39 is 0 Å². The zero-order valence-corrected chi connectivity index (χ0v) is 16.4. The maximum Gasteiger partial charge on any atom is 0 e. The molecule has 2 rings (SSSR count). The Kier molecular flexibility index (Phi) is 21.1. The minimum atomic E-state index is 0. The van der Waals surface area contributed by atoms with Gasteiger partial charge in [-0.05, 0) is 0 Å². The summed E-state index contributed by atoms with van der Waals surface area (Å²) in [4.78, 5) is 0. The Bertz CT molecular complexity index is 253. The van der Waals surface area contributed by atoms with Crippen molar-refractivity contribution in [1.82, 2.24) is 0 Å². The van der Waals surface area contributed by atoms with Crippen LogP contribution >= 0.6 is 0 Å². The van der Waals surface area contributed by atoms with E-state index in [4.69, 9.17) is 0 Å². The van der Waals surface area contributed by atoms with Crippen LogP contribution in [0.4, 0.5) is 0 Å². The first kappa shape index (κ1) is 21.2.